The van der Waals surface area contributed by atoms with E-state index in [-0.39, 0.29) is 11.2 Å². The van der Waals surface area contributed by atoms with Crippen molar-refractivity contribution in [2.24, 2.45) is 0 Å². The summed E-state index contributed by atoms with van der Waals surface area (Å²) in [5.74, 6) is 0.640. The van der Waals surface area contributed by atoms with Crippen LogP contribution in [0.1, 0.15) is 6.92 Å². The largest absolute Gasteiger partial charge is 0.392 e. The maximum absolute atomic E-state index is 9.33. The van der Waals surface area contributed by atoms with Gasteiger partial charge < -0.3 is 10.0 Å². The highest BCUT2D eigenvalue weighted by Crippen LogP contribution is 2.11. The van der Waals surface area contributed by atoms with E-state index in [9.17, 15) is 5.11 Å². The third-order valence-electron chi connectivity index (χ3n) is 2.09. The highest BCUT2D eigenvalue weighted by atomic mass is 35.5. The Morgan fingerprint density at radius 2 is 2.22 bits per heavy atom. The number of rotatable bonds is 4. The van der Waals surface area contributed by atoms with Crippen molar-refractivity contribution in [2.45, 2.75) is 13.0 Å². The van der Waals surface area contributed by atoms with Crippen LogP contribution in [0.25, 0.3) is 5.95 Å². The lowest BCUT2D eigenvalue weighted by Crippen LogP contribution is -2.29. The van der Waals surface area contributed by atoms with Crippen LogP contribution in [-0.2, 0) is 0 Å². The summed E-state index contributed by atoms with van der Waals surface area (Å²) in [5, 5.41) is 13.3. The number of aromatic nitrogens is 6. The summed E-state index contributed by atoms with van der Waals surface area (Å²) < 4.78 is 1.38. The Morgan fingerprint density at radius 1 is 1.44 bits per heavy atom. The van der Waals surface area contributed by atoms with Crippen molar-refractivity contribution < 1.29 is 5.11 Å². The number of nitrogens with zero attached hydrogens (tertiary/aromatic N) is 7. The summed E-state index contributed by atoms with van der Waals surface area (Å²) in [5.41, 5.74) is 0. The molecule has 0 saturated heterocycles. The van der Waals surface area contributed by atoms with Gasteiger partial charge in [0.2, 0.25) is 11.2 Å². The first kappa shape index (κ1) is 12.7. The van der Waals surface area contributed by atoms with Gasteiger partial charge in [0.05, 0.1) is 6.10 Å². The minimum absolute atomic E-state index is 0.0583. The van der Waals surface area contributed by atoms with Gasteiger partial charge >= 0.3 is 0 Å². The molecule has 96 valence electrons. The van der Waals surface area contributed by atoms with E-state index in [1.165, 1.54) is 17.3 Å². The molecule has 8 nitrogen and oxygen atoms in total. The van der Waals surface area contributed by atoms with Gasteiger partial charge in [0.25, 0.3) is 5.95 Å². The molecule has 0 aliphatic carbocycles. The van der Waals surface area contributed by atoms with Crippen molar-refractivity contribution in [1.82, 2.24) is 29.7 Å². The molecule has 2 rings (SSSR count). The minimum atomic E-state index is -0.500. The molecule has 1 unspecified atom stereocenters. The topological polar surface area (TPSA) is 92.8 Å². The van der Waals surface area contributed by atoms with E-state index in [2.05, 4.69) is 25.0 Å². The molecule has 0 bridgehead atoms. The first-order chi connectivity index (χ1) is 8.56. The van der Waals surface area contributed by atoms with Crippen LogP contribution in [0, 0.1) is 0 Å². The van der Waals surface area contributed by atoms with E-state index in [1.807, 2.05) is 0 Å². The SMILES string of the molecule is CC(O)CN(C)c1nc(Cl)nc(-n2cncn2)n1. The number of halogens is 1. The van der Waals surface area contributed by atoms with Crippen molar-refractivity contribution in [1.29, 1.82) is 0 Å². The molecular weight excluding hydrogens is 258 g/mol. The smallest absolute Gasteiger partial charge is 0.258 e. The molecule has 2 aromatic heterocycles. The standard InChI is InChI=1S/C9H12ClN7O/c1-6(18)3-16(2)8-13-7(10)14-9(15-8)17-5-11-4-12-17/h4-6,18H,3H2,1-2H3. The van der Waals surface area contributed by atoms with Crippen molar-refractivity contribution in [3.8, 4) is 5.95 Å². The third kappa shape index (κ3) is 2.90. The summed E-state index contributed by atoms with van der Waals surface area (Å²) >= 11 is 5.83. The first-order valence-electron chi connectivity index (χ1n) is 5.22. The zero-order valence-corrected chi connectivity index (χ0v) is 10.7. The van der Waals surface area contributed by atoms with E-state index in [4.69, 9.17) is 11.6 Å². The molecule has 0 saturated carbocycles. The predicted molar refractivity (Wildman–Crippen MR) is 64.7 cm³/mol. The van der Waals surface area contributed by atoms with Gasteiger partial charge in [0, 0.05) is 13.6 Å². The Kier molecular flexibility index (Phi) is 3.68. The van der Waals surface area contributed by atoms with Gasteiger partial charge in [-0.25, -0.2) is 4.98 Å². The Morgan fingerprint density at radius 3 is 2.83 bits per heavy atom. The highest BCUT2D eigenvalue weighted by molar-refractivity contribution is 6.28. The maximum atomic E-state index is 9.33. The number of likely N-dealkylation sites (N-methyl/N-ethyl adjacent to an activating group) is 1. The van der Waals surface area contributed by atoms with E-state index in [1.54, 1.807) is 18.9 Å². The van der Waals surface area contributed by atoms with Crippen LogP contribution in [0.15, 0.2) is 12.7 Å². The first-order valence-corrected chi connectivity index (χ1v) is 5.60. The Hall–Kier alpha value is -1.80. The van der Waals surface area contributed by atoms with E-state index < -0.39 is 6.10 Å². The molecule has 1 atom stereocenters. The van der Waals surface area contributed by atoms with Crippen LogP contribution >= 0.6 is 11.6 Å². The Bertz CT molecular complexity index is 516. The predicted octanol–water partition coefficient (Wildman–Crippen LogP) is -0.0773. The lowest BCUT2D eigenvalue weighted by Gasteiger charge is -2.18. The fourth-order valence-corrected chi connectivity index (χ4v) is 1.54. The van der Waals surface area contributed by atoms with Crippen LogP contribution in [0.3, 0.4) is 0 Å². The van der Waals surface area contributed by atoms with Crippen LogP contribution < -0.4 is 4.90 Å². The zero-order chi connectivity index (χ0) is 13.1. The van der Waals surface area contributed by atoms with Crippen molar-refractivity contribution in [3.63, 3.8) is 0 Å². The molecular formula is C9H12ClN7O. The molecule has 0 fully saturated rings. The second kappa shape index (κ2) is 5.23. The van der Waals surface area contributed by atoms with Crippen molar-refractivity contribution in [3.05, 3.63) is 17.9 Å². The van der Waals surface area contributed by atoms with Gasteiger partial charge in [-0.3, -0.25) is 0 Å². The van der Waals surface area contributed by atoms with Crippen LogP contribution in [-0.4, -0.2) is 54.5 Å². The quantitative estimate of drug-likeness (QED) is 0.830. The van der Waals surface area contributed by atoms with Gasteiger partial charge in [-0.2, -0.15) is 24.7 Å². The molecule has 0 aliphatic heterocycles. The summed E-state index contributed by atoms with van der Waals surface area (Å²) in [7, 11) is 1.75. The molecule has 2 aromatic rings. The van der Waals surface area contributed by atoms with Crippen LogP contribution in [0.4, 0.5) is 5.95 Å². The summed E-state index contributed by atoms with van der Waals surface area (Å²) in [6, 6.07) is 0. The minimum Gasteiger partial charge on any atom is -0.392 e. The summed E-state index contributed by atoms with van der Waals surface area (Å²) in [6.45, 7) is 2.06. The average Bonchev–Trinajstić information content (AvgIpc) is 2.80. The average molecular weight is 270 g/mol. The molecule has 0 radical (unpaired) electrons. The van der Waals surface area contributed by atoms with Gasteiger partial charge in [-0.05, 0) is 18.5 Å². The Labute approximate surface area is 108 Å². The molecule has 0 aromatic carbocycles. The maximum Gasteiger partial charge on any atom is 0.258 e. The van der Waals surface area contributed by atoms with E-state index in [0.717, 1.165) is 0 Å². The second-order valence-corrected chi connectivity index (χ2v) is 4.11. The second-order valence-electron chi connectivity index (χ2n) is 3.77. The molecule has 0 spiro atoms. The summed E-state index contributed by atoms with van der Waals surface area (Å²) in [4.78, 5) is 17.6. The lowest BCUT2D eigenvalue weighted by molar-refractivity contribution is 0.201. The molecule has 1 N–H and O–H groups in total. The molecule has 18 heavy (non-hydrogen) atoms. The lowest BCUT2D eigenvalue weighted by atomic mass is 10.4. The molecule has 2 heterocycles. The number of hydrogen-bond acceptors (Lipinski definition) is 7. The number of anilines is 1. The van der Waals surface area contributed by atoms with Crippen molar-refractivity contribution >= 4 is 17.5 Å². The number of aliphatic hydroxyl groups is 1. The summed E-state index contributed by atoms with van der Waals surface area (Å²) in [6.07, 6.45) is 2.33. The van der Waals surface area contributed by atoms with Crippen LogP contribution in [0.2, 0.25) is 5.28 Å². The highest BCUT2D eigenvalue weighted by Gasteiger charge is 2.12. The number of aliphatic hydroxyl groups excluding tert-OH is 1. The number of hydrogen-bond donors (Lipinski definition) is 1. The normalized spacial score (nSPS) is 12.4. The monoisotopic (exact) mass is 269 g/mol. The van der Waals surface area contributed by atoms with Gasteiger partial charge in [-0.15, -0.1) is 0 Å². The molecule has 0 amide bonds. The van der Waals surface area contributed by atoms with E-state index in [0.29, 0.717) is 12.5 Å². The van der Waals surface area contributed by atoms with E-state index >= 15 is 0 Å². The van der Waals surface area contributed by atoms with Gasteiger partial charge in [0.15, 0.2) is 0 Å². The molecule has 0 aliphatic rings. The van der Waals surface area contributed by atoms with Gasteiger partial charge in [0.1, 0.15) is 12.7 Å². The molecule has 9 heteroatoms. The fourth-order valence-electron chi connectivity index (χ4n) is 1.39. The van der Waals surface area contributed by atoms with Crippen molar-refractivity contribution in [2.75, 3.05) is 18.5 Å². The van der Waals surface area contributed by atoms with Gasteiger partial charge in [-0.1, -0.05) is 0 Å². The third-order valence-corrected chi connectivity index (χ3v) is 2.26. The fraction of sp³-hybridized carbons (Fsp3) is 0.444. The van der Waals surface area contributed by atoms with Crippen LogP contribution in [0.5, 0.6) is 0 Å². The zero-order valence-electron chi connectivity index (χ0n) is 9.89. The Balaban J connectivity index is 2.32.